The van der Waals surface area contributed by atoms with Crippen molar-refractivity contribution in [3.05, 3.63) is 41.1 Å². The quantitative estimate of drug-likeness (QED) is 0.598. The molecule has 0 aliphatic carbocycles. The van der Waals surface area contributed by atoms with E-state index in [9.17, 15) is 9.59 Å². The first kappa shape index (κ1) is 18.8. The molecule has 2 amide bonds. The van der Waals surface area contributed by atoms with E-state index >= 15 is 0 Å². The van der Waals surface area contributed by atoms with Crippen molar-refractivity contribution in [3.8, 4) is 0 Å². The molecule has 0 saturated carbocycles. The number of amides is 2. The second-order valence-electron chi connectivity index (χ2n) is 5.94. The van der Waals surface area contributed by atoms with Crippen LogP contribution in [0.1, 0.15) is 36.6 Å². The summed E-state index contributed by atoms with van der Waals surface area (Å²) in [6.45, 7) is 1.84. The van der Waals surface area contributed by atoms with E-state index in [0.29, 0.717) is 30.2 Å². The molecule has 9 heteroatoms. The van der Waals surface area contributed by atoms with E-state index in [-0.39, 0.29) is 18.0 Å². The van der Waals surface area contributed by atoms with Crippen molar-refractivity contribution in [2.24, 2.45) is 0 Å². The van der Waals surface area contributed by atoms with Crippen molar-refractivity contribution in [2.75, 3.05) is 12.4 Å². The van der Waals surface area contributed by atoms with Gasteiger partial charge < -0.3 is 14.5 Å². The van der Waals surface area contributed by atoms with E-state index in [4.69, 9.17) is 4.42 Å². The van der Waals surface area contributed by atoms with Crippen LogP contribution in [0.15, 0.2) is 34.7 Å². The van der Waals surface area contributed by atoms with Gasteiger partial charge in [-0.2, -0.15) is 0 Å². The van der Waals surface area contributed by atoms with Gasteiger partial charge in [0, 0.05) is 18.2 Å². The Hall–Kier alpha value is -2.94. The Balaban J connectivity index is 1.50. The Labute approximate surface area is 159 Å². The van der Waals surface area contributed by atoms with Gasteiger partial charge >= 0.3 is 12.0 Å². The van der Waals surface area contributed by atoms with Crippen LogP contribution in [0.3, 0.4) is 0 Å². The normalized spacial score (nSPS) is 11.9. The molecule has 1 unspecified atom stereocenters. The number of fused-ring (bicyclic) bond motifs is 1. The number of para-hydroxylation sites is 1. The van der Waals surface area contributed by atoms with Crippen molar-refractivity contribution in [3.63, 3.8) is 0 Å². The summed E-state index contributed by atoms with van der Waals surface area (Å²) in [5, 5.41) is 15.6. The van der Waals surface area contributed by atoms with Crippen LogP contribution in [-0.2, 0) is 16.0 Å². The summed E-state index contributed by atoms with van der Waals surface area (Å²) in [7, 11) is 1.36. The Morgan fingerprint density at radius 1 is 1.30 bits per heavy atom. The van der Waals surface area contributed by atoms with Crippen LogP contribution in [0.5, 0.6) is 0 Å². The van der Waals surface area contributed by atoms with Gasteiger partial charge in [0.2, 0.25) is 5.13 Å². The van der Waals surface area contributed by atoms with Gasteiger partial charge in [0.05, 0.1) is 13.2 Å². The number of carbonyl (C=O) groups excluding carboxylic acids is 2. The van der Waals surface area contributed by atoms with Gasteiger partial charge in [-0.25, -0.2) is 4.79 Å². The number of urea groups is 1. The molecule has 0 aliphatic heterocycles. The Kier molecular flexibility index (Phi) is 6.02. The van der Waals surface area contributed by atoms with Gasteiger partial charge in [-0.15, -0.1) is 10.2 Å². The predicted octanol–water partition coefficient (Wildman–Crippen LogP) is 3.66. The minimum absolute atomic E-state index is 0.253. The fourth-order valence-corrected chi connectivity index (χ4v) is 3.28. The minimum Gasteiger partial charge on any atom is -0.469 e. The zero-order valence-corrected chi connectivity index (χ0v) is 15.8. The molecule has 142 valence electrons. The number of esters is 1. The van der Waals surface area contributed by atoms with Crippen LogP contribution in [0, 0.1) is 0 Å². The van der Waals surface area contributed by atoms with Crippen molar-refractivity contribution < 1.29 is 18.7 Å². The highest BCUT2D eigenvalue weighted by atomic mass is 32.1. The average Bonchev–Trinajstić information content (AvgIpc) is 3.28. The number of methoxy groups -OCH3 is 1. The van der Waals surface area contributed by atoms with Gasteiger partial charge in [0.1, 0.15) is 16.4 Å². The molecule has 0 radical (unpaired) electrons. The summed E-state index contributed by atoms with van der Waals surface area (Å²) in [5.74, 6) is 0.420. The lowest BCUT2D eigenvalue weighted by Gasteiger charge is -2.10. The van der Waals surface area contributed by atoms with Crippen LogP contribution in [0.25, 0.3) is 11.0 Å². The number of benzene rings is 1. The molecule has 0 bridgehead atoms. The number of anilines is 1. The summed E-state index contributed by atoms with van der Waals surface area (Å²) >= 11 is 1.28. The first-order valence-corrected chi connectivity index (χ1v) is 9.32. The second kappa shape index (κ2) is 8.63. The number of hydrogen-bond donors (Lipinski definition) is 2. The molecule has 2 heterocycles. The largest absolute Gasteiger partial charge is 0.469 e. The molecule has 0 aliphatic rings. The van der Waals surface area contributed by atoms with E-state index in [2.05, 4.69) is 25.6 Å². The van der Waals surface area contributed by atoms with Crippen LogP contribution in [0.4, 0.5) is 9.93 Å². The maximum Gasteiger partial charge on any atom is 0.321 e. The molecule has 0 spiro atoms. The number of ether oxygens (including phenoxy) is 1. The molecule has 1 atom stereocenters. The first-order chi connectivity index (χ1) is 13.0. The molecule has 3 aromatic rings. The molecular weight excluding hydrogens is 368 g/mol. The highest BCUT2D eigenvalue weighted by Gasteiger charge is 2.15. The van der Waals surface area contributed by atoms with Crippen LogP contribution >= 0.6 is 11.3 Å². The minimum atomic E-state index is -0.389. The summed E-state index contributed by atoms with van der Waals surface area (Å²) in [6.07, 6.45) is 1.55. The third-order valence-corrected chi connectivity index (χ3v) is 4.80. The molecule has 0 saturated heterocycles. The number of furan rings is 1. The average molecular weight is 388 g/mol. The highest BCUT2D eigenvalue weighted by Crippen LogP contribution is 2.24. The fraction of sp³-hybridized carbons (Fsp3) is 0.333. The second-order valence-corrected chi connectivity index (χ2v) is 7.00. The number of nitrogens with zero attached hydrogens (tertiary/aromatic N) is 2. The summed E-state index contributed by atoms with van der Waals surface area (Å²) < 4.78 is 10.3. The smallest absolute Gasteiger partial charge is 0.321 e. The lowest BCUT2D eigenvalue weighted by molar-refractivity contribution is -0.140. The maximum absolute atomic E-state index is 12.2. The van der Waals surface area contributed by atoms with Crippen LogP contribution in [0.2, 0.25) is 0 Å². The lowest BCUT2D eigenvalue weighted by Crippen LogP contribution is -2.30. The molecule has 0 fully saturated rings. The Bertz CT molecular complexity index is 903. The molecule has 8 nitrogen and oxygen atoms in total. The number of rotatable bonds is 7. The van der Waals surface area contributed by atoms with Crippen LogP contribution < -0.4 is 10.6 Å². The topological polar surface area (TPSA) is 106 Å². The van der Waals surface area contributed by atoms with E-state index in [1.807, 2.05) is 37.3 Å². The third kappa shape index (κ3) is 5.04. The van der Waals surface area contributed by atoms with Gasteiger partial charge in [-0.3, -0.25) is 10.1 Å². The molecule has 1 aromatic carbocycles. The van der Waals surface area contributed by atoms with Crippen molar-refractivity contribution >= 4 is 39.4 Å². The predicted molar refractivity (Wildman–Crippen MR) is 102 cm³/mol. The molecule has 3 rings (SSSR count). The van der Waals surface area contributed by atoms with E-state index in [1.165, 1.54) is 18.4 Å². The third-order valence-electron chi connectivity index (χ3n) is 3.91. The molecule has 27 heavy (non-hydrogen) atoms. The zero-order valence-electron chi connectivity index (χ0n) is 15.0. The van der Waals surface area contributed by atoms with Gasteiger partial charge in [0.15, 0.2) is 0 Å². The van der Waals surface area contributed by atoms with Gasteiger partial charge in [-0.05, 0) is 25.5 Å². The summed E-state index contributed by atoms with van der Waals surface area (Å²) in [5.41, 5.74) is 0.780. The molecular formula is C18H20N4O4S. The molecule has 2 N–H and O–H groups in total. The van der Waals surface area contributed by atoms with Crippen molar-refractivity contribution in [1.82, 2.24) is 15.5 Å². The zero-order chi connectivity index (χ0) is 19.2. The van der Waals surface area contributed by atoms with Crippen molar-refractivity contribution in [1.29, 1.82) is 0 Å². The summed E-state index contributed by atoms with van der Waals surface area (Å²) in [4.78, 5) is 23.3. The number of carbonyl (C=O) groups is 2. The standard InChI is InChI=1S/C18H20N4O4S/c1-11(14-10-12-6-3-4-7-13(12)26-14)19-17(24)20-18-22-21-15(27-18)8-5-9-16(23)25-2/h3-4,6-7,10-11H,5,8-9H2,1-2H3,(H2,19,20,22,24). The fourth-order valence-electron chi connectivity index (χ4n) is 2.51. The summed E-state index contributed by atoms with van der Waals surface area (Å²) in [6, 6.07) is 8.89. The number of aromatic nitrogens is 2. The highest BCUT2D eigenvalue weighted by molar-refractivity contribution is 7.15. The van der Waals surface area contributed by atoms with Gasteiger partial charge in [-0.1, -0.05) is 29.5 Å². The lowest BCUT2D eigenvalue weighted by atomic mass is 10.2. The first-order valence-electron chi connectivity index (χ1n) is 8.50. The van der Waals surface area contributed by atoms with Crippen LogP contribution in [-0.4, -0.2) is 29.3 Å². The Morgan fingerprint density at radius 2 is 2.11 bits per heavy atom. The van der Waals surface area contributed by atoms with Crippen molar-refractivity contribution in [2.45, 2.75) is 32.2 Å². The number of nitrogens with one attached hydrogen (secondary N) is 2. The molecule has 2 aromatic heterocycles. The monoisotopic (exact) mass is 388 g/mol. The van der Waals surface area contributed by atoms with E-state index in [0.717, 1.165) is 16.0 Å². The Morgan fingerprint density at radius 3 is 2.89 bits per heavy atom. The maximum atomic E-state index is 12.2. The number of aryl methyl sites for hydroxylation is 1. The van der Waals surface area contributed by atoms with Gasteiger partial charge in [0.25, 0.3) is 0 Å². The SMILES string of the molecule is COC(=O)CCCc1nnc(NC(=O)NC(C)c2cc3ccccc3o2)s1. The number of hydrogen-bond acceptors (Lipinski definition) is 7. The van der Waals surface area contributed by atoms with E-state index in [1.54, 1.807) is 0 Å². The van der Waals surface area contributed by atoms with E-state index < -0.39 is 0 Å².